The fraction of sp³-hybridized carbons (Fsp3) is 0.765. The molecule has 1 saturated heterocycles. The number of nitrogens with one attached hydrogen (secondary N) is 1. The third-order valence-electron chi connectivity index (χ3n) is 4.27. The van der Waals surface area contributed by atoms with Crippen molar-refractivity contribution >= 4 is 41.3 Å². The highest BCUT2D eigenvalue weighted by Crippen LogP contribution is 2.11. The molecule has 0 spiro atoms. The van der Waals surface area contributed by atoms with Crippen molar-refractivity contribution < 1.29 is 0 Å². The van der Waals surface area contributed by atoms with Crippen molar-refractivity contribution in [1.29, 1.82) is 0 Å². The topological polar surface area (TPSA) is 43.8 Å². The van der Waals surface area contributed by atoms with Crippen LogP contribution in [0.15, 0.2) is 10.4 Å². The van der Waals surface area contributed by atoms with Crippen molar-refractivity contribution in [3.8, 4) is 0 Å². The van der Waals surface area contributed by atoms with Crippen LogP contribution in [0.1, 0.15) is 36.9 Å². The monoisotopic (exact) mass is 465 g/mol. The van der Waals surface area contributed by atoms with Gasteiger partial charge in [-0.15, -0.1) is 35.3 Å². The summed E-state index contributed by atoms with van der Waals surface area (Å²) in [6.45, 7) is 9.83. The van der Waals surface area contributed by atoms with E-state index < -0.39 is 0 Å². The van der Waals surface area contributed by atoms with Crippen molar-refractivity contribution in [2.75, 3.05) is 40.3 Å². The Morgan fingerprint density at radius 3 is 2.71 bits per heavy atom. The Hall–Kier alpha value is -0.410. The maximum atomic E-state index is 4.53. The zero-order chi connectivity index (χ0) is 16.7. The van der Waals surface area contributed by atoms with Gasteiger partial charge in [-0.1, -0.05) is 13.3 Å². The lowest BCUT2D eigenvalue weighted by atomic mass is 10.1. The number of aromatic nitrogens is 1. The van der Waals surface area contributed by atoms with Gasteiger partial charge in [-0.2, -0.15) is 0 Å². The van der Waals surface area contributed by atoms with Gasteiger partial charge >= 0.3 is 0 Å². The van der Waals surface area contributed by atoms with Crippen molar-refractivity contribution in [1.82, 2.24) is 20.1 Å². The first-order valence-corrected chi connectivity index (χ1v) is 9.51. The number of thiazole rings is 1. The molecular weight excluding hydrogens is 433 g/mol. The zero-order valence-corrected chi connectivity index (χ0v) is 18.6. The maximum absolute atomic E-state index is 4.53. The van der Waals surface area contributed by atoms with E-state index in [4.69, 9.17) is 0 Å². The van der Waals surface area contributed by atoms with Crippen LogP contribution in [0.3, 0.4) is 0 Å². The molecular formula is C17H32IN5S. The standard InChI is InChI=1S/C17H31N5S.HI/c1-14(11-22-8-6-5-7-9-22)10-19-17(18-3)21(4)12-16-13-23-15(2)20-16;/h13-14H,5-12H2,1-4H3,(H,18,19);1H. The number of rotatable bonds is 6. The summed E-state index contributed by atoms with van der Waals surface area (Å²) >= 11 is 1.70. The van der Waals surface area contributed by atoms with Gasteiger partial charge in [0.05, 0.1) is 17.2 Å². The molecule has 7 heteroatoms. The van der Waals surface area contributed by atoms with Crippen LogP contribution in [0.2, 0.25) is 0 Å². The van der Waals surface area contributed by atoms with Crippen LogP contribution in [0.5, 0.6) is 0 Å². The Labute approximate surface area is 168 Å². The number of nitrogens with zero attached hydrogens (tertiary/aromatic N) is 4. The van der Waals surface area contributed by atoms with Gasteiger partial charge in [0.25, 0.3) is 0 Å². The van der Waals surface area contributed by atoms with E-state index in [2.05, 4.69) is 44.4 Å². The largest absolute Gasteiger partial charge is 0.356 e. The molecule has 0 radical (unpaired) electrons. The number of guanidine groups is 1. The molecule has 1 unspecified atom stereocenters. The molecule has 1 N–H and O–H groups in total. The summed E-state index contributed by atoms with van der Waals surface area (Å²) in [6, 6.07) is 0. The Kier molecular flexibility index (Phi) is 10.1. The molecule has 0 aromatic carbocycles. The Bertz CT molecular complexity index is 499. The second kappa shape index (κ2) is 11.3. The van der Waals surface area contributed by atoms with Gasteiger partial charge in [-0.05, 0) is 38.8 Å². The summed E-state index contributed by atoms with van der Waals surface area (Å²) in [4.78, 5) is 13.7. The van der Waals surface area contributed by atoms with Gasteiger partial charge in [-0.25, -0.2) is 4.98 Å². The van der Waals surface area contributed by atoms with Gasteiger partial charge in [-0.3, -0.25) is 4.99 Å². The van der Waals surface area contributed by atoms with E-state index in [-0.39, 0.29) is 24.0 Å². The second-order valence-corrected chi connectivity index (χ2v) is 7.67. The molecule has 1 fully saturated rings. The first-order chi connectivity index (χ1) is 11.1. The minimum absolute atomic E-state index is 0. The number of aliphatic imine (C=N–C) groups is 1. The molecule has 2 rings (SSSR count). The van der Waals surface area contributed by atoms with E-state index >= 15 is 0 Å². The summed E-state index contributed by atoms with van der Waals surface area (Å²) < 4.78 is 0. The maximum Gasteiger partial charge on any atom is 0.193 e. The predicted molar refractivity (Wildman–Crippen MR) is 115 cm³/mol. The molecule has 5 nitrogen and oxygen atoms in total. The van der Waals surface area contributed by atoms with E-state index in [9.17, 15) is 0 Å². The van der Waals surface area contributed by atoms with Crippen molar-refractivity contribution in [3.05, 3.63) is 16.1 Å². The molecule has 1 aromatic heterocycles. The lowest BCUT2D eigenvalue weighted by Crippen LogP contribution is -2.43. The SMILES string of the molecule is CN=C(NCC(C)CN1CCCCC1)N(C)Cc1csc(C)n1.I. The molecule has 1 aliphatic heterocycles. The summed E-state index contributed by atoms with van der Waals surface area (Å²) in [5.74, 6) is 1.57. The number of piperidine rings is 1. The number of hydrogen-bond acceptors (Lipinski definition) is 4. The molecule has 1 aliphatic rings. The summed E-state index contributed by atoms with van der Waals surface area (Å²) in [5.41, 5.74) is 1.11. The van der Waals surface area contributed by atoms with Gasteiger partial charge in [0, 0.05) is 32.6 Å². The molecule has 0 aliphatic carbocycles. The Morgan fingerprint density at radius 2 is 2.12 bits per heavy atom. The van der Waals surface area contributed by atoms with E-state index in [0.717, 1.165) is 29.8 Å². The van der Waals surface area contributed by atoms with Gasteiger partial charge in [0.2, 0.25) is 0 Å². The third-order valence-corrected chi connectivity index (χ3v) is 5.09. The normalized spacial score (nSPS) is 17.2. The average Bonchev–Trinajstić information content (AvgIpc) is 2.94. The van der Waals surface area contributed by atoms with Crippen molar-refractivity contribution in [2.24, 2.45) is 10.9 Å². The van der Waals surface area contributed by atoms with Gasteiger partial charge in [0.1, 0.15) is 0 Å². The van der Waals surface area contributed by atoms with Crippen LogP contribution in [-0.4, -0.2) is 61.0 Å². The summed E-state index contributed by atoms with van der Waals surface area (Å²) in [7, 11) is 3.92. The van der Waals surface area contributed by atoms with Crippen LogP contribution in [0.25, 0.3) is 0 Å². The number of halogens is 1. The first kappa shape index (κ1) is 21.6. The van der Waals surface area contributed by atoms with Crippen molar-refractivity contribution in [3.63, 3.8) is 0 Å². The third kappa shape index (κ3) is 7.23. The fourth-order valence-electron chi connectivity index (χ4n) is 3.10. The molecule has 1 aromatic rings. The summed E-state index contributed by atoms with van der Waals surface area (Å²) in [6.07, 6.45) is 4.12. The van der Waals surface area contributed by atoms with E-state index in [1.807, 2.05) is 14.0 Å². The van der Waals surface area contributed by atoms with Crippen LogP contribution in [0.4, 0.5) is 0 Å². The van der Waals surface area contributed by atoms with Crippen LogP contribution in [0, 0.1) is 12.8 Å². The number of hydrogen-bond donors (Lipinski definition) is 1. The quantitative estimate of drug-likeness (QED) is 0.398. The molecule has 0 bridgehead atoms. The Balaban J connectivity index is 0.00000288. The molecule has 2 heterocycles. The first-order valence-electron chi connectivity index (χ1n) is 8.63. The number of aryl methyl sites for hydroxylation is 1. The predicted octanol–water partition coefficient (Wildman–Crippen LogP) is 3.20. The average molecular weight is 465 g/mol. The van der Waals surface area contributed by atoms with E-state index in [1.165, 1.54) is 38.9 Å². The molecule has 24 heavy (non-hydrogen) atoms. The highest BCUT2D eigenvalue weighted by Gasteiger charge is 2.15. The van der Waals surface area contributed by atoms with Crippen molar-refractivity contribution in [2.45, 2.75) is 39.7 Å². The lowest BCUT2D eigenvalue weighted by Gasteiger charge is -2.30. The molecule has 138 valence electrons. The highest BCUT2D eigenvalue weighted by atomic mass is 127. The molecule has 0 saturated carbocycles. The Morgan fingerprint density at radius 1 is 1.42 bits per heavy atom. The summed E-state index contributed by atoms with van der Waals surface area (Å²) in [5, 5.41) is 6.75. The van der Waals surface area contributed by atoms with Gasteiger partial charge < -0.3 is 15.1 Å². The molecule has 0 amide bonds. The highest BCUT2D eigenvalue weighted by molar-refractivity contribution is 14.0. The molecule has 1 atom stereocenters. The minimum atomic E-state index is 0. The van der Waals surface area contributed by atoms with Crippen LogP contribution >= 0.6 is 35.3 Å². The second-order valence-electron chi connectivity index (χ2n) is 6.61. The fourth-order valence-corrected chi connectivity index (χ4v) is 3.70. The van der Waals surface area contributed by atoms with Gasteiger partial charge in [0.15, 0.2) is 5.96 Å². The number of likely N-dealkylation sites (tertiary alicyclic amines) is 1. The zero-order valence-electron chi connectivity index (χ0n) is 15.4. The van der Waals surface area contributed by atoms with Crippen LogP contribution in [-0.2, 0) is 6.54 Å². The minimum Gasteiger partial charge on any atom is -0.356 e. The van der Waals surface area contributed by atoms with Crippen LogP contribution < -0.4 is 5.32 Å². The van der Waals surface area contributed by atoms with E-state index in [0.29, 0.717) is 5.92 Å². The smallest absolute Gasteiger partial charge is 0.193 e. The lowest BCUT2D eigenvalue weighted by molar-refractivity contribution is 0.200. The van der Waals surface area contributed by atoms with E-state index in [1.54, 1.807) is 11.3 Å².